The standard InChI is InChI=1S/C10H11BrClNO2/c11-9-2-1-8(12)5-7(9)6-13-4-3-10(14)15/h1-2,5,13H,3-4,6H2,(H,14,15). The number of nitrogens with one attached hydrogen (secondary N) is 1. The summed E-state index contributed by atoms with van der Waals surface area (Å²) in [6, 6.07) is 5.52. The lowest BCUT2D eigenvalue weighted by molar-refractivity contribution is -0.136. The summed E-state index contributed by atoms with van der Waals surface area (Å²) in [6.45, 7) is 1.06. The van der Waals surface area contributed by atoms with E-state index in [1.807, 2.05) is 12.1 Å². The molecule has 15 heavy (non-hydrogen) atoms. The molecule has 0 radical (unpaired) electrons. The van der Waals surface area contributed by atoms with Gasteiger partial charge in [0, 0.05) is 22.6 Å². The number of hydrogen-bond acceptors (Lipinski definition) is 2. The first-order chi connectivity index (χ1) is 7.09. The fourth-order valence-corrected chi connectivity index (χ4v) is 1.68. The van der Waals surface area contributed by atoms with Gasteiger partial charge in [-0.15, -0.1) is 0 Å². The molecule has 0 amide bonds. The first kappa shape index (κ1) is 12.5. The Morgan fingerprint density at radius 1 is 1.53 bits per heavy atom. The van der Waals surface area contributed by atoms with Crippen molar-refractivity contribution in [2.24, 2.45) is 0 Å². The second-order valence-electron chi connectivity index (χ2n) is 3.06. The summed E-state index contributed by atoms with van der Waals surface area (Å²) < 4.78 is 0.967. The van der Waals surface area contributed by atoms with Gasteiger partial charge >= 0.3 is 5.97 Å². The second kappa shape index (κ2) is 6.10. The lowest BCUT2D eigenvalue weighted by atomic mass is 10.2. The van der Waals surface area contributed by atoms with Crippen molar-refractivity contribution in [3.8, 4) is 0 Å². The van der Waals surface area contributed by atoms with E-state index in [-0.39, 0.29) is 6.42 Å². The number of carboxylic acids is 1. The van der Waals surface area contributed by atoms with Crippen LogP contribution in [0.3, 0.4) is 0 Å². The molecule has 0 aromatic heterocycles. The molecule has 2 N–H and O–H groups in total. The van der Waals surface area contributed by atoms with E-state index >= 15 is 0 Å². The summed E-state index contributed by atoms with van der Waals surface area (Å²) in [6.07, 6.45) is 0.123. The van der Waals surface area contributed by atoms with Crippen LogP contribution in [0.25, 0.3) is 0 Å². The van der Waals surface area contributed by atoms with Crippen LogP contribution >= 0.6 is 27.5 Å². The van der Waals surface area contributed by atoms with Crippen LogP contribution in [0.2, 0.25) is 5.02 Å². The summed E-state index contributed by atoms with van der Waals surface area (Å²) in [7, 11) is 0. The van der Waals surface area contributed by atoms with E-state index < -0.39 is 5.97 Å². The summed E-state index contributed by atoms with van der Waals surface area (Å²) in [5, 5.41) is 12.1. The SMILES string of the molecule is O=C(O)CCNCc1cc(Cl)ccc1Br. The van der Waals surface area contributed by atoms with Gasteiger partial charge in [-0.3, -0.25) is 4.79 Å². The Hall–Kier alpha value is -0.580. The lowest BCUT2D eigenvalue weighted by Crippen LogP contribution is -2.17. The average molecular weight is 293 g/mol. The van der Waals surface area contributed by atoms with Gasteiger partial charge in [-0.25, -0.2) is 0 Å². The summed E-state index contributed by atoms with van der Waals surface area (Å²) in [4.78, 5) is 10.3. The van der Waals surface area contributed by atoms with Crippen molar-refractivity contribution in [3.05, 3.63) is 33.3 Å². The highest BCUT2D eigenvalue weighted by atomic mass is 79.9. The van der Waals surface area contributed by atoms with E-state index in [9.17, 15) is 4.79 Å². The number of benzene rings is 1. The molecule has 3 nitrogen and oxygen atoms in total. The zero-order valence-corrected chi connectivity index (χ0v) is 10.3. The first-order valence-electron chi connectivity index (χ1n) is 4.46. The summed E-state index contributed by atoms with van der Waals surface area (Å²) in [5.41, 5.74) is 1.02. The van der Waals surface area contributed by atoms with Gasteiger partial charge in [0.15, 0.2) is 0 Å². The van der Waals surface area contributed by atoms with Gasteiger partial charge in [0.2, 0.25) is 0 Å². The quantitative estimate of drug-likeness (QED) is 0.820. The molecule has 82 valence electrons. The van der Waals surface area contributed by atoms with Crippen LogP contribution in [0.4, 0.5) is 0 Å². The minimum atomic E-state index is -0.798. The predicted octanol–water partition coefficient (Wildman–Crippen LogP) is 2.67. The van der Waals surface area contributed by atoms with E-state index in [4.69, 9.17) is 16.7 Å². The third-order valence-electron chi connectivity index (χ3n) is 1.84. The normalized spacial score (nSPS) is 10.3. The zero-order valence-electron chi connectivity index (χ0n) is 7.96. The van der Waals surface area contributed by atoms with E-state index in [0.29, 0.717) is 18.1 Å². The van der Waals surface area contributed by atoms with Crippen LogP contribution in [-0.4, -0.2) is 17.6 Å². The van der Waals surface area contributed by atoms with Crippen LogP contribution in [0.15, 0.2) is 22.7 Å². The van der Waals surface area contributed by atoms with Crippen LogP contribution in [-0.2, 0) is 11.3 Å². The number of hydrogen-bond donors (Lipinski definition) is 2. The van der Waals surface area contributed by atoms with Crippen molar-refractivity contribution in [2.45, 2.75) is 13.0 Å². The second-order valence-corrected chi connectivity index (χ2v) is 4.35. The Bertz CT molecular complexity index is 357. The van der Waals surface area contributed by atoms with Crippen LogP contribution in [0.5, 0.6) is 0 Å². The zero-order chi connectivity index (χ0) is 11.3. The molecular formula is C10H11BrClNO2. The van der Waals surface area contributed by atoms with Crippen molar-refractivity contribution in [1.29, 1.82) is 0 Å². The fraction of sp³-hybridized carbons (Fsp3) is 0.300. The number of halogens is 2. The molecule has 0 bridgehead atoms. The number of carbonyl (C=O) groups is 1. The van der Waals surface area contributed by atoms with E-state index in [2.05, 4.69) is 21.2 Å². The molecule has 0 unspecified atom stereocenters. The fourth-order valence-electron chi connectivity index (χ4n) is 1.10. The lowest BCUT2D eigenvalue weighted by Gasteiger charge is -2.06. The van der Waals surface area contributed by atoms with Gasteiger partial charge in [0.25, 0.3) is 0 Å². The minimum absolute atomic E-state index is 0.123. The van der Waals surface area contributed by atoms with Crippen molar-refractivity contribution in [3.63, 3.8) is 0 Å². The van der Waals surface area contributed by atoms with Crippen LogP contribution in [0.1, 0.15) is 12.0 Å². The first-order valence-corrected chi connectivity index (χ1v) is 5.63. The molecule has 1 rings (SSSR count). The molecule has 5 heteroatoms. The molecular weight excluding hydrogens is 281 g/mol. The number of rotatable bonds is 5. The third-order valence-corrected chi connectivity index (χ3v) is 2.85. The van der Waals surface area contributed by atoms with Gasteiger partial charge in [0.1, 0.15) is 0 Å². The summed E-state index contributed by atoms with van der Waals surface area (Å²) in [5.74, 6) is -0.798. The van der Waals surface area contributed by atoms with Crippen molar-refractivity contribution in [2.75, 3.05) is 6.54 Å². The Morgan fingerprint density at radius 3 is 2.93 bits per heavy atom. The average Bonchev–Trinajstić information content (AvgIpc) is 2.17. The van der Waals surface area contributed by atoms with Crippen molar-refractivity contribution < 1.29 is 9.90 Å². The predicted molar refractivity (Wildman–Crippen MR) is 63.1 cm³/mol. The van der Waals surface area contributed by atoms with Crippen molar-refractivity contribution in [1.82, 2.24) is 5.32 Å². The monoisotopic (exact) mass is 291 g/mol. The Morgan fingerprint density at radius 2 is 2.27 bits per heavy atom. The van der Waals surface area contributed by atoms with E-state index in [0.717, 1.165) is 10.0 Å². The number of carboxylic acid groups (broad SMARTS) is 1. The Kier molecular flexibility index (Phi) is 5.08. The van der Waals surface area contributed by atoms with Gasteiger partial charge in [-0.05, 0) is 23.8 Å². The topological polar surface area (TPSA) is 49.3 Å². The van der Waals surface area contributed by atoms with Crippen LogP contribution in [0, 0.1) is 0 Å². The molecule has 1 aromatic rings. The molecule has 0 aliphatic rings. The maximum atomic E-state index is 10.3. The third kappa shape index (κ3) is 4.64. The highest BCUT2D eigenvalue weighted by molar-refractivity contribution is 9.10. The molecule has 0 heterocycles. The van der Waals surface area contributed by atoms with Crippen LogP contribution < -0.4 is 5.32 Å². The number of aliphatic carboxylic acids is 1. The van der Waals surface area contributed by atoms with E-state index in [1.54, 1.807) is 6.07 Å². The smallest absolute Gasteiger partial charge is 0.304 e. The van der Waals surface area contributed by atoms with Gasteiger partial charge < -0.3 is 10.4 Å². The molecule has 0 spiro atoms. The highest BCUT2D eigenvalue weighted by Gasteiger charge is 2.01. The molecule has 1 aromatic carbocycles. The Balaban J connectivity index is 2.43. The van der Waals surface area contributed by atoms with Gasteiger partial charge in [-0.1, -0.05) is 27.5 Å². The summed E-state index contributed by atoms with van der Waals surface area (Å²) >= 11 is 9.23. The molecule has 0 aliphatic heterocycles. The molecule has 0 fully saturated rings. The largest absolute Gasteiger partial charge is 0.481 e. The highest BCUT2D eigenvalue weighted by Crippen LogP contribution is 2.20. The van der Waals surface area contributed by atoms with E-state index in [1.165, 1.54) is 0 Å². The molecule has 0 atom stereocenters. The van der Waals surface area contributed by atoms with Crippen molar-refractivity contribution >= 4 is 33.5 Å². The molecule has 0 saturated heterocycles. The van der Waals surface area contributed by atoms with Gasteiger partial charge in [0.05, 0.1) is 6.42 Å². The molecule has 0 saturated carbocycles. The molecule has 0 aliphatic carbocycles. The maximum Gasteiger partial charge on any atom is 0.304 e. The minimum Gasteiger partial charge on any atom is -0.481 e. The maximum absolute atomic E-state index is 10.3. The van der Waals surface area contributed by atoms with Gasteiger partial charge in [-0.2, -0.15) is 0 Å². The Labute approximate surface area is 102 Å².